The summed E-state index contributed by atoms with van der Waals surface area (Å²) in [6, 6.07) is 5.99. The molecule has 4 heteroatoms. The molecule has 0 bridgehead atoms. The monoisotopic (exact) mass is 315 g/mol. The third kappa shape index (κ3) is 5.25. The molecule has 0 radical (unpaired) electrons. The minimum Gasteiger partial charge on any atom is -0.381 e. The summed E-state index contributed by atoms with van der Waals surface area (Å²) in [5, 5.41) is 4.96. The van der Waals surface area contributed by atoms with Gasteiger partial charge in [0, 0.05) is 29.3 Å². The maximum Gasteiger partial charge on any atom is 0.0494 e. The number of halogens is 2. The van der Waals surface area contributed by atoms with Gasteiger partial charge in [0.25, 0.3) is 0 Å². The van der Waals surface area contributed by atoms with E-state index >= 15 is 0 Å². The molecule has 1 saturated carbocycles. The molecule has 0 spiro atoms. The van der Waals surface area contributed by atoms with Gasteiger partial charge in [0.1, 0.15) is 0 Å². The molecule has 2 nitrogen and oxygen atoms in total. The zero-order valence-electron chi connectivity index (χ0n) is 12.0. The predicted octanol–water partition coefficient (Wildman–Crippen LogP) is 4.85. The molecule has 20 heavy (non-hydrogen) atoms. The van der Waals surface area contributed by atoms with E-state index in [4.69, 9.17) is 27.9 Å². The Kier molecular flexibility index (Phi) is 6.63. The minimum absolute atomic E-state index is 0.281. The molecule has 1 atom stereocenters. The molecule has 1 unspecified atom stereocenters. The van der Waals surface area contributed by atoms with E-state index in [2.05, 4.69) is 12.2 Å². The van der Waals surface area contributed by atoms with Crippen molar-refractivity contribution in [3.05, 3.63) is 33.8 Å². The van der Waals surface area contributed by atoms with Crippen LogP contribution in [-0.2, 0) is 4.74 Å². The van der Waals surface area contributed by atoms with E-state index in [-0.39, 0.29) is 6.04 Å². The van der Waals surface area contributed by atoms with Gasteiger partial charge in [0.05, 0.1) is 0 Å². The zero-order valence-corrected chi connectivity index (χ0v) is 13.5. The van der Waals surface area contributed by atoms with Crippen molar-refractivity contribution >= 4 is 23.2 Å². The van der Waals surface area contributed by atoms with Gasteiger partial charge in [-0.25, -0.2) is 0 Å². The van der Waals surface area contributed by atoms with Gasteiger partial charge in [-0.05, 0) is 55.8 Å². The second-order valence-electron chi connectivity index (χ2n) is 5.45. The summed E-state index contributed by atoms with van der Waals surface area (Å²) in [5.41, 5.74) is 1.12. The fourth-order valence-corrected chi connectivity index (χ4v) is 2.78. The van der Waals surface area contributed by atoms with Gasteiger partial charge < -0.3 is 10.1 Å². The molecule has 1 aromatic carbocycles. The second kappa shape index (κ2) is 8.23. The molecule has 1 aliphatic rings. The van der Waals surface area contributed by atoms with Gasteiger partial charge in [-0.1, -0.05) is 36.2 Å². The Hall–Kier alpha value is -0.280. The third-order valence-corrected chi connectivity index (χ3v) is 4.22. The van der Waals surface area contributed by atoms with Crippen LogP contribution in [0.25, 0.3) is 0 Å². The van der Waals surface area contributed by atoms with Crippen LogP contribution in [0.1, 0.15) is 44.2 Å². The lowest BCUT2D eigenvalue weighted by Crippen LogP contribution is -2.23. The maximum atomic E-state index is 6.26. The highest BCUT2D eigenvalue weighted by atomic mass is 35.5. The van der Waals surface area contributed by atoms with E-state index < -0.39 is 0 Å². The molecule has 1 aromatic rings. The largest absolute Gasteiger partial charge is 0.381 e. The highest BCUT2D eigenvalue weighted by molar-refractivity contribution is 6.35. The lowest BCUT2D eigenvalue weighted by molar-refractivity contribution is 0.121. The topological polar surface area (TPSA) is 21.3 Å². The van der Waals surface area contributed by atoms with Crippen molar-refractivity contribution in [2.24, 2.45) is 5.92 Å². The standard InChI is InChI=1S/C16H23Cl2NO/c1-2-16(14-7-6-13(17)10-15(14)18)19-8-3-9-20-11-12-4-5-12/h6-7,10,12,16,19H,2-5,8-9,11H2,1H3. The molecule has 2 rings (SSSR count). The van der Waals surface area contributed by atoms with Gasteiger partial charge in [-0.3, -0.25) is 0 Å². The Bertz CT molecular complexity index is 421. The molecule has 1 fully saturated rings. The Morgan fingerprint density at radius 2 is 2.15 bits per heavy atom. The quantitative estimate of drug-likeness (QED) is 0.658. The van der Waals surface area contributed by atoms with Crippen molar-refractivity contribution in [3.8, 4) is 0 Å². The first-order valence-corrected chi connectivity index (χ1v) is 8.22. The molecule has 0 heterocycles. The fraction of sp³-hybridized carbons (Fsp3) is 0.625. The van der Waals surface area contributed by atoms with E-state index in [9.17, 15) is 0 Å². The summed E-state index contributed by atoms with van der Waals surface area (Å²) in [6.45, 7) is 4.89. The predicted molar refractivity (Wildman–Crippen MR) is 85.7 cm³/mol. The molecule has 0 aromatic heterocycles. The Labute approximate surface area is 131 Å². The molecular formula is C16H23Cl2NO. The number of hydrogen-bond acceptors (Lipinski definition) is 2. The van der Waals surface area contributed by atoms with Crippen molar-refractivity contribution in [1.82, 2.24) is 5.32 Å². The summed E-state index contributed by atoms with van der Waals surface area (Å²) < 4.78 is 5.63. The van der Waals surface area contributed by atoms with Crippen molar-refractivity contribution in [3.63, 3.8) is 0 Å². The van der Waals surface area contributed by atoms with Gasteiger partial charge in [-0.15, -0.1) is 0 Å². The third-order valence-electron chi connectivity index (χ3n) is 3.65. The summed E-state index contributed by atoms with van der Waals surface area (Å²) in [7, 11) is 0. The molecular weight excluding hydrogens is 293 g/mol. The molecule has 1 aliphatic carbocycles. The fourth-order valence-electron chi connectivity index (χ4n) is 2.24. The van der Waals surface area contributed by atoms with Crippen molar-refractivity contribution < 1.29 is 4.74 Å². The van der Waals surface area contributed by atoms with Crippen LogP contribution in [0.15, 0.2) is 18.2 Å². The smallest absolute Gasteiger partial charge is 0.0494 e. The Morgan fingerprint density at radius 1 is 1.35 bits per heavy atom. The summed E-state index contributed by atoms with van der Waals surface area (Å²) in [5.74, 6) is 0.847. The number of hydrogen-bond donors (Lipinski definition) is 1. The van der Waals surface area contributed by atoms with Crippen LogP contribution in [0.4, 0.5) is 0 Å². The summed E-state index contributed by atoms with van der Waals surface area (Å²) >= 11 is 12.2. The summed E-state index contributed by atoms with van der Waals surface area (Å²) in [6.07, 6.45) is 4.75. The van der Waals surface area contributed by atoms with Crippen LogP contribution >= 0.6 is 23.2 Å². The van der Waals surface area contributed by atoms with Gasteiger partial charge in [0.2, 0.25) is 0 Å². The zero-order chi connectivity index (χ0) is 14.4. The van der Waals surface area contributed by atoms with Gasteiger partial charge in [0.15, 0.2) is 0 Å². The van der Waals surface area contributed by atoms with Gasteiger partial charge in [-0.2, -0.15) is 0 Å². The van der Waals surface area contributed by atoms with Gasteiger partial charge >= 0.3 is 0 Å². The second-order valence-corrected chi connectivity index (χ2v) is 6.30. The Morgan fingerprint density at radius 3 is 2.80 bits per heavy atom. The van der Waals surface area contributed by atoms with Crippen molar-refractivity contribution in [2.75, 3.05) is 19.8 Å². The van der Waals surface area contributed by atoms with Crippen molar-refractivity contribution in [2.45, 2.75) is 38.6 Å². The van der Waals surface area contributed by atoms with Crippen LogP contribution in [0.3, 0.4) is 0 Å². The minimum atomic E-state index is 0.281. The number of ether oxygens (including phenoxy) is 1. The number of benzene rings is 1. The average molecular weight is 316 g/mol. The lowest BCUT2D eigenvalue weighted by atomic mass is 10.0. The van der Waals surface area contributed by atoms with Crippen LogP contribution in [0, 0.1) is 5.92 Å². The Balaban J connectivity index is 1.70. The number of nitrogens with one attached hydrogen (secondary N) is 1. The lowest BCUT2D eigenvalue weighted by Gasteiger charge is -2.19. The molecule has 1 N–H and O–H groups in total. The van der Waals surface area contributed by atoms with E-state index in [1.165, 1.54) is 12.8 Å². The van der Waals surface area contributed by atoms with E-state index in [1.54, 1.807) is 0 Å². The highest BCUT2D eigenvalue weighted by Crippen LogP contribution is 2.29. The van der Waals surface area contributed by atoms with Crippen LogP contribution in [0.5, 0.6) is 0 Å². The molecule has 0 amide bonds. The van der Waals surface area contributed by atoms with Crippen LogP contribution < -0.4 is 5.32 Å². The SMILES string of the molecule is CCC(NCCCOCC1CC1)c1ccc(Cl)cc1Cl. The van der Waals surface area contributed by atoms with Crippen molar-refractivity contribution in [1.29, 1.82) is 0 Å². The first kappa shape index (κ1) is 16.1. The first-order valence-electron chi connectivity index (χ1n) is 7.46. The normalized spacial score (nSPS) is 16.4. The van der Waals surface area contributed by atoms with Crippen LogP contribution in [-0.4, -0.2) is 19.8 Å². The first-order chi connectivity index (χ1) is 9.70. The maximum absolute atomic E-state index is 6.26. The van der Waals surface area contributed by atoms with Crippen LogP contribution in [0.2, 0.25) is 10.0 Å². The molecule has 0 aliphatic heterocycles. The highest BCUT2D eigenvalue weighted by Gasteiger charge is 2.20. The van der Waals surface area contributed by atoms with E-state index in [1.807, 2.05) is 18.2 Å². The van der Waals surface area contributed by atoms with E-state index in [0.29, 0.717) is 5.02 Å². The van der Waals surface area contributed by atoms with E-state index in [0.717, 1.165) is 49.1 Å². The molecule has 0 saturated heterocycles. The average Bonchev–Trinajstić information content (AvgIpc) is 3.23. The number of rotatable bonds is 9. The summed E-state index contributed by atoms with van der Waals surface area (Å²) in [4.78, 5) is 0. The molecule has 112 valence electrons.